The van der Waals surface area contributed by atoms with E-state index < -0.39 is 0 Å². The lowest BCUT2D eigenvalue weighted by atomic mass is 9.78. The molecule has 1 rings (SSSR count). The van der Waals surface area contributed by atoms with E-state index in [9.17, 15) is 5.11 Å². The second-order valence-electron chi connectivity index (χ2n) is 6.60. The Morgan fingerprint density at radius 1 is 1.45 bits per heavy atom. The van der Waals surface area contributed by atoms with Gasteiger partial charge >= 0.3 is 0 Å². The van der Waals surface area contributed by atoms with Crippen molar-refractivity contribution in [1.82, 2.24) is 10.2 Å². The standard InChI is InChI=1S/C16H34N2O2/c1-5-17-16(13-19)8-6-7-15(11-16)18(9-10-20-4)12-14(2)3/h14-15,17,19H,5-13H2,1-4H3. The maximum absolute atomic E-state index is 9.82. The Morgan fingerprint density at radius 3 is 2.75 bits per heavy atom. The fourth-order valence-electron chi connectivity index (χ4n) is 3.48. The van der Waals surface area contributed by atoms with Crippen LogP contribution in [0.15, 0.2) is 0 Å². The van der Waals surface area contributed by atoms with Gasteiger partial charge in [0.15, 0.2) is 0 Å². The Labute approximate surface area is 124 Å². The maximum atomic E-state index is 9.82. The Bertz CT molecular complexity index is 257. The summed E-state index contributed by atoms with van der Waals surface area (Å²) in [6.45, 7) is 10.7. The summed E-state index contributed by atoms with van der Waals surface area (Å²) in [7, 11) is 1.77. The predicted octanol–water partition coefficient (Wildman–Crippen LogP) is 1.87. The Morgan fingerprint density at radius 2 is 2.20 bits per heavy atom. The Hall–Kier alpha value is -0.160. The molecule has 0 heterocycles. The van der Waals surface area contributed by atoms with Crippen molar-refractivity contribution < 1.29 is 9.84 Å². The first-order valence-corrected chi connectivity index (χ1v) is 8.15. The zero-order chi connectivity index (χ0) is 15.0. The molecule has 4 nitrogen and oxygen atoms in total. The summed E-state index contributed by atoms with van der Waals surface area (Å²) in [6.07, 6.45) is 4.57. The molecule has 0 radical (unpaired) electrons. The van der Waals surface area contributed by atoms with E-state index in [-0.39, 0.29) is 12.1 Å². The van der Waals surface area contributed by atoms with Gasteiger partial charge in [-0.25, -0.2) is 0 Å². The van der Waals surface area contributed by atoms with Crippen LogP contribution >= 0.6 is 0 Å². The first-order chi connectivity index (χ1) is 9.56. The number of hydrogen-bond donors (Lipinski definition) is 2. The molecule has 1 saturated carbocycles. The van der Waals surface area contributed by atoms with Crippen molar-refractivity contribution in [2.45, 2.75) is 58.0 Å². The van der Waals surface area contributed by atoms with Gasteiger partial charge in [-0.05, 0) is 38.1 Å². The average Bonchev–Trinajstić information content (AvgIpc) is 2.43. The monoisotopic (exact) mass is 286 g/mol. The number of likely N-dealkylation sites (N-methyl/N-ethyl adjacent to an activating group) is 1. The minimum absolute atomic E-state index is 0.0695. The fraction of sp³-hybridized carbons (Fsp3) is 1.00. The minimum atomic E-state index is -0.0695. The van der Waals surface area contributed by atoms with Crippen molar-refractivity contribution in [3.8, 4) is 0 Å². The molecular weight excluding hydrogens is 252 g/mol. The van der Waals surface area contributed by atoms with Crippen molar-refractivity contribution in [1.29, 1.82) is 0 Å². The molecule has 2 atom stereocenters. The van der Waals surface area contributed by atoms with E-state index in [1.807, 2.05) is 0 Å². The molecular formula is C16H34N2O2. The largest absolute Gasteiger partial charge is 0.394 e. The van der Waals surface area contributed by atoms with Gasteiger partial charge in [0.2, 0.25) is 0 Å². The molecule has 4 heteroatoms. The van der Waals surface area contributed by atoms with Gasteiger partial charge < -0.3 is 15.2 Å². The third-order valence-corrected chi connectivity index (χ3v) is 4.37. The summed E-state index contributed by atoms with van der Waals surface area (Å²) in [5.41, 5.74) is -0.0695. The summed E-state index contributed by atoms with van der Waals surface area (Å²) in [5, 5.41) is 13.4. The maximum Gasteiger partial charge on any atom is 0.0613 e. The predicted molar refractivity (Wildman–Crippen MR) is 84.0 cm³/mol. The molecule has 2 unspecified atom stereocenters. The quantitative estimate of drug-likeness (QED) is 0.679. The molecule has 1 fully saturated rings. The highest BCUT2D eigenvalue weighted by Gasteiger charge is 2.37. The molecule has 1 aliphatic carbocycles. The lowest BCUT2D eigenvalue weighted by molar-refractivity contribution is 0.0413. The first-order valence-electron chi connectivity index (χ1n) is 8.15. The van der Waals surface area contributed by atoms with Crippen LogP contribution in [0.2, 0.25) is 0 Å². The molecule has 0 amide bonds. The lowest BCUT2D eigenvalue weighted by Crippen LogP contribution is -2.56. The molecule has 0 aromatic rings. The normalized spacial score (nSPS) is 27.4. The molecule has 0 bridgehead atoms. The van der Waals surface area contributed by atoms with E-state index in [1.165, 1.54) is 12.8 Å². The molecule has 0 saturated heterocycles. The summed E-state index contributed by atoms with van der Waals surface area (Å²) >= 11 is 0. The fourth-order valence-corrected chi connectivity index (χ4v) is 3.48. The van der Waals surface area contributed by atoms with Crippen LogP contribution < -0.4 is 5.32 Å². The molecule has 120 valence electrons. The molecule has 0 aromatic heterocycles. The van der Waals surface area contributed by atoms with Crippen LogP contribution in [0.5, 0.6) is 0 Å². The Kier molecular flexibility index (Phi) is 8.03. The second-order valence-corrected chi connectivity index (χ2v) is 6.60. The van der Waals surface area contributed by atoms with Gasteiger partial charge in [0.25, 0.3) is 0 Å². The molecule has 0 aliphatic heterocycles. The zero-order valence-electron chi connectivity index (χ0n) is 13.8. The summed E-state index contributed by atoms with van der Waals surface area (Å²) < 4.78 is 5.26. The van der Waals surface area contributed by atoms with Crippen LogP contribution in [0.3, 0.4) is 0 Å². The van der Waals surface area contributed by atoms with Crippen LogP contribution in [0.4, 0.5) is 0 Å². The number of nitrogens with zero attached hydrogens (tertiary/aromatic N) is 1. The smallest absolute Gasteiger partial charge is 0.0613 e. The van der Waals surface area contributed by atoms with Crippen molar-refractivity contribution >= 4 is 0 Å². The first kappa shape index (κ1) is 17.9. The van der Waals surface area contributed by atoms with Crippen LogP contribution in [0.25, 0.3) is 0 Å². The summed E-state index contributed by atoms with van der Waals surface area (Å²) in [5.74, 6) is 0.663. The molecule has 2 N–H and O–H groups in total. The molecule has 0 aromatic carbocycles. The zero-order valence-corrected chi connectivity index (χ0v) is 13.8. The topological polar surface area (TPSA) is 44.7 Å². The number of ether oxygens (including phenoxy) is 1. The van der Waals surface area contributed by atoms with Crippen LogP contribution in [0, 0.1) is 5.92 Å². The number of hydrogen-bond acceptors (Lipinski definition) is 4. The molecule has 1 aliphatic rings. The van der Waals surface area contributed by atoms with E-state index in [4.69, 9.17) is 4.74 Å². The summed E-state index contributed by atoms with van der Waals surface area (Å²) in [6, 6.07) is 0.562. The highest BCUT2D eigenvalue weighted by atomic mass is 16.5. The van der Waals surface area contributed by atoms with Crippen LogP contribution in [-0.4, -0.2) is 61.5 Å². The van der Waals surface area contributed by atoms with Crippen molar-refractivity contribution in [3.63, 3.8) is 0 Å². The van der Waals surface area contributed by atoms with E-state index in [1.54, 1.807) is 7.11 Å². The third kappa shape index (κ3) is 5.32. The highest BCUT2D eigenvalue weighted by Crippen LogP contribution is 2.31. The highest BCUT2D eigenvalue weighted by molar-refractivity contribution is 4.96. The summed E-state index contributed by atoms with van der Waals surface area (Å²) in [4.78, 5) is 2.56. The minimum Gasteiger partial charge on any atom is -0.394 e. The molecule has 20 heavy (non-hydrogen) atoms. The van der Waals surface area contributed by atoms with Crippen LogP contribution in [-0.2, 0) is 4.74 Å². The average molecular weight is 286 g/mol. The Balaban J connectivity index is 2.68. The van der Waals surface area contributed by atoms with Gasteiger partial charge in [-0.2, -0.15) is 0 Å². The second kappa shape index (κ2) is 8.98. The van der Waals surface area contributed by atoms with Crippen LogP contribution in [0.1, 0.15) is 46.5 Å². The van der Waals surface area contributed by atoms with E-state index in [0.29, 0.717) is 12.0 Å². The van der Waals surface area contributed by atoms with Gasteiger partial charge in [0.1, 0.15) is 0 Å². The van der Waals surface area contributed by atoms with Gasteiger partial charge in [-0.3, -0.25) is 4.90 Å². The van der Waals surface area contributed by atoms with Gasteiger partial charge in [0.05, 0.1) is 13.2 Å². The number of aliphatic hydroxyl groups is 1. The SMILES string of the molecule is CCNC1(CO)CCCC(N(CCOC)CC(C)C)C1. The van der Waals surface area contributed by atoms with Gasteiger partial charge in [0, 0.05) is 31.8 Å². The van der Waals surface area contributed by atoms with Crippen molar-refractivity contribution in [2.75, 3.05) is 40.0 Å². The number of aliphatic hydroxyl groups excluding tert-OH is 1. The van der Waals surface area contributed by atoms with E-state index in [0.717, 1.165) is 39.1 Å². The number of rotatable bonds is 9. The molecule has 0 spiro atoms. The number of nitrogens with one attached hydrogen (secondary N) is 1. The lowest BCUT2D eigenvalue weighted by Gasteiger charge is -2.45. The van der Waals surface area contributed by atoms with Gasteiger partial charge in [-0.15, -0.1) is 0 Å². The van der Waals surface area contributed by atoms with Crippen molar-refractivity contribution in [3.05, 3.63) is 0 Å². The van der Waals surface area contributed by atoms with E-state index in [2.05, 4.69) is 31.0 Å². The van der Waals surface area contributed by atoms with E-state index >= 15 is 0 Å². The van der Waals surface area contributed by atoms with Gasteiger partial charge in [-0.1, -0.05) is 20.8 Å². The van der Waals surface area contributed by atoms with Crippen molar-refractivity contribution in [2.24, 2.45) is 5.92 Å². The number of methoxy groups -OCH3 is 1. The third-order valence-electron chi connectivity index (χ3n) is 4.37.